The van der Waals surface area contributed by atoms with Crippen molar-refractivity contribution in [3.63, 3.8) is 0 Å². The maximum absolute atomic E-state index is 6.06. The quantitative estimate of drug-likeness (QED) is 0.853. The van der Waals surface area contributed by atoms with Gasteiger partial charge in [-0.2, -0.15) is 0 Å². The zero-order valence-corrected chi connectivity index (χ0v) is 12.9. The van der Waals surface area contributed by atoms with Crippen molar-refractivity contribution in [2.45, 2.75) is 31.4 Å². The lowest BCUT2D eigenvalue weighted by Crippen LogP contribution is -2.34. The average Bonchev–Trinajstić information content (AvgIpc) is 2.43. The van der Waals surface area contributed by atoms with Crippen molar-refractivity contribution in [3.05, 3.63) is 64.7 Å². The van der Waals surface area contributed by atoms with E-state index < -0.39 is 0 Å². The molecule has 1 aliphatic rings. The van der Waals surface area contributed by atoms with E-state index in [9.17, 15) is 0 Å². The summed E-state index contributed by atoms with van der Waals surface area (Å²) in [5.74, 6) is 0.628. The molecular weight excluding hydrogens is 282 g/mol. The minimum atomic E-state index is 0.548. The highest BCUT2D eigenvalue weighted by Crippen LogP contribution is 2.39. The molecular formula is C18H20ClNO. The first-order chi connectivity index (χ1) is 10.2. The number of halogens is 1. The van der Waals surface area contributed by atoms with E-state index in [-0.39, 0.29) is 0 Å². The van der Waals surface area contributed by atoms with E-state index in [1.54, 1.807) is 7.11 Å². The predicted molar refractivity (Wildman–Crippen MR) is 88.0 cm³/mol. The van der Waals surface area contributed by atoms with Gasteiger partial charge in [0.25, 0.3) is 0 Å². The van der Waals surface area contributed by atoms with Crippen molar-refractivity contribution in [1.82, 2.24) is 0 Å². The molecule has 21 heavy (non-hydrogen) atoms. The minimum Gasteiger partial charge on any atom is -0.382 e. The van der Waals surface area contributed by atoms with E-state index in [1.165, 1.54) is 16.8 Å². The molecule has 0 atom stereocenters. The van der Waals surface area contributed by atoms with Crippen LogP contribution in [0.5, 0.6) is 0 Å². The van der Waals surface area contributed by atoms with E-state index in [0.717, 1.165) is 17.9 Å². The SMILES string of the molecule is COCc1cccc(NC2CC(c3cccc(Cl)c3)C2)c1. The molecule has 2 nitrogen and oxygen atoms in total. The fourth-order valence-corrected chi connectivity index (χ4v) is 3.12. The van der Waals surface area contributed by atoms with Gasteiger partial charge >= 0.3 is 0 Å². The highest BCUT2D eigenvalue weighted by molar-refractivity contribution is 6.30. The molecule has 0 heterocycles. The van der Waals surface area contributed by atoms with Gasteiger partial charge in [-0.25, -0.2) is 0 Å². The lowest BCUT2D eigenvalue weighted by atomic mass is 9.76. The summed E-state index contributed by atoms with van der Waals surface area (Å²) in [6.45, 7) is 0.658. The lowest BCUT2D eigenvalue weighted by Gasteiger charge is -2.37. The van der Waals surface area contributed by atoms with Crippen LogP contribution in [0.25, 0.3) is 0 Å². The average molecular weight is 302 g/mol. The van der Waals surface area contributed by atoms with E-state index in [2.05, 4.69) is 41.7 Å². The summed E-state index contributed by atoms with van der Waals surface area (Å²) in [6.07, 6.45) is 2.32. The Morgan fingerprint density at radius 2 is 1.95 bits per heavy atom. The molecule has 2 aromatic rings. The summed E-state index contributed by atoms with van der Waals surface area (Å²) in [6, 6.07) is 17.2. The van der Waals surface area contributed by atoms with Crippen molar-refractivity contribution in [1.29, 1.82) is 0 Å². The molecule has 1 aliphatic carbocycles. The van der Waals surface area contributed by atoms with Crippen LogP contribution in [0.4, 0.5) is 5.69 Å². The maximum atomic E-state index is 6.06. The van der Waals surface area contributed by atoms with Crippen LogP contribution in [0.3, 0.4) is 0 Å². The predicted octanol–water partition coefficient (Wildman–Crippen LogP) is 4.84. The van der Waals surface area contributed by atoms with Crippen molar-refractivity contribution < 1.29 is 4.74 Å². The van der Waals surface area contributed by atoms with Gasteiger partial charge in [0, 0.05) is 23.9 Å². The second-order valence-corrected chi connectivity index (χ2v) is 6.13. The highest BCUT2D eigenvalue weighted by Gasteiger charge is 2.30. The van der Waals surface area contributed by atoms with Gasteiger partial charge in [-0.05, 0) is 54.2 Å². The Kier molecular flexibility index (Phi) is 4.47. The summed E-state index contributed by atoms with van der Waals surface area (Å²) in [5.41, 5.74) is 3.74. The molecule has 0 unspecified atom stereocenters. The van der Waals surface area contributed by atoms with Crippen LogP contribution in [-0.4, -0.2) is 13.2 Å². The maximum Gasteiger partial charge on any atom is 0.0713 e. The molecule has 2 aromatic carbocycles. The van der Waals surface area contributed by atoms with E-state index in [4.69, 9.17) is 16.3 Å². The van der Waals surface area contributed by atoms with Gasteiger partial charge in [-0.3, -0.25) is 0 Å². The van der Waals surface area contributed by atoms with Gasteiger partial charge < -0.3 is 10.1 Å². The third-order valence-electron chi connectivity index (χ3n) is 4.07. The van der Waals surface area contributed by atoms with Crippen LogP contribution < -0.4 is 5.32 Å². The second kappa shape index (κ2) is 6.50. The Morgan fingerprint density at radius 3 is 2.71 bits per heavy atom. The number of nitrogens with one attached hydrogen (secondary N) is 1. The molecule has 0 amide bonds. The topological polar surface area (TPSA) is 21.3 Å². The lowest BCUT2D eigenvalue weighted by molar-refractivity contribution is 0.185. The number of methoxy groups -OCH3 is 1. The number of anilines is 1. The molecule has 1 saturated carbocycles. The van der Waals surface area contributed by atoms with Crippen LogP contribution in [0, 0.1) is 0 Å². The summed E-state index contributed by atoms with van der Waals surface area (Å²) >= 11 is 6.06. The monoisotopic (exact) mass is 301 g/mol. The first-order valence-electron chi connectivity index (χ1n) is 7.34. The third kappa shape index (κ3) is 3.58. The Balaban J connectivity index is 1.56. The molecule has 0 saturated heterocycles. The number of benzene rings is 2. The molecule has 1 N–H and O–H groups in total. The van der Waals surface area contributed by atoms with Crippen LogP contribution in [-0.2, 0) is 11.3 Å². The molecule has 0 aromatic heterocycles. The van der Waals surface area contributed by atoms with Gasteiger partial charge in [-0.1, -0.05) is 35.9 Å². The fourth-order valence-electron chi connectivity index (χ4n) is 2.92. The van der Waals surface area contributed by atoms with E-state index in [0.29, 0.717) is 18.6 Å². The third-order valence-corrected chi connectivity index (χ3v) is 4.30. The van der Waals surface area contributed by atoms with Gasteiger partial charge in [0.1, 0.15) is 0 Å². The molecule has 0 radical (unpaired) electrons. The standard InChI is InChI=1S/C18H20ClNO/c1-21-12-13-4-2-7-17(8-13)20-18-10-15(11-18)14-5-3-6-16(19)9-14/h2-9,15,18,20H,10-12H2,1H3. The van der Waals surface area contributed by atoms with Crippen LogP contribution in [0.1, 0.15) is 29.9 Å². The second-order valence-electron chi connectivity index (χ2n) is 5.70. The molecule has 0 aliphatic heterocycles. The molecule has 1 fully saturated rings. The molecule has 3 rings (SSSR count). The van der Waals surface area contributed by atoms with Gasteiger partial charge in [0.05, 0.1) is 6.61 Å². The Hall–Kier alpha value is -1.51. The van der Waals surface area contributed by atoms with Gasteiger partial charge in [0.2, 0.25) is 0 Å². The Morgan fingerprint density at radius 1 is 1.14 bits per heavy atom. The first kappa shape index (κ1) is 14.4. The van der Waals surface area contributed by atoms with Gasteiger partial charge in [-0.15, -0.1) is 0 Å². The molecule has 3 heteroatoms. The summed E-state index contributed by atoms with van der Waals surface area (Å²) in [5, 5.41) is 4.43. The molecule has 110 valence electrons. The number of hydrogen-bond acceptors (Lipinski definition) is 2. The van der Waals surface area contributed by atoms with Crippen LogP contribution in [0.15, 0.2) is 48.5 Å². The summed E-state index contributed by atoms with van der Waals surface area (Å²) in [7, 11) is 1.72. The number of ether oxygens (including phenoxy) is 1. The molecule has 0 spiro atoms. The smallest absolute Gasteiger partial charge is 0.0713 e. The van der Waals surface area contributed by atoms with Crippen molar-refractivity contribution in [2.24, 2.45) is 0 Å². The number of hydrogen-bond donors (Lipinski definition) is 1. The van der Waals surface area contributed by atoms with E-state index in [1.807, 2.05) is 12.1 Å². The summed E-state index contributed by atoms with van der Waals surface area (Å²) in [4.78, 5) is 0. The van der Waals surface area contributed by atoms with Crippen molar-refractivity contribution in [3.8, 4) is 0 Å². The normalized spacial score (nSPS) is 20.9. The van der Waals surface area contributed by atoms with E-state index >= 15 is 0 Å². The largest absolute Gasteiger partial charge is 0.382 e. The highest BCUT2D eigenvalue weighted by atomic mass is 35.5. The summed E-state index contributed by atoms with van der Waals surface area (Å²) < 4.78 is 5.17. The zero-order chi connectivity index (χ0) is 14.7. The first-order valence-corrected chi connectivity index (χ1v) is 7.72. The fraction of sp³-hybridized carbons (Fsp3) is 0.333. The van der Waals surface area contributed by atoms with Crippen molar-refractivity contribution >= 4 is 17.3 Å². The Bertz CT molecular complexity index is 608. The number of rotatable bonds is 5. The minimum absolute atomic E-state index is 0.548. The Labute approximate surface area is 131 Å². The zero-order valence-electron chi connectivity index (χ0n) is 12.2. The van der Waals surface area contributed by atoms with Crippen LogP contribution >= 0.6 is 11.6 Å². The molecule has 0 bridgehead atoms. The van der Waals surface area contributed by atoms with Crippen molar-refractivity contribution in [2.75, 3.05) is 12.4 Å². The van der Waals surface area contributed by atoms with Gasteiger partial charge in [0.15, 0.2) is 0 Å². The van der Waals surface area contributed by atoms with Crippen LogP contribution in [0.2, 0.25) is 5.02 Å².